The molecular weight excluding hydrogens is 220 g/mol. The van der Waals surface area contributed by atoms with Crippen molar-refractivity contribution in [2.45, 2.75) is 37.4 Å². The van der Waals surface area contributed by atoms with Crippen molar-refractivity contribution in [2.24, 2.45) is 7.05 Å². The molecule has 1 saturated heterocycles. The van der Waals surface area contributed by atoms with E-state index in [9.17, 15) is 4.79 Å². The molecule has 2 fully saturated rings. The molecule has 2 heterocycles. The summed E-state index contributed by atoms with van der Waals surface area (Å²) in [6.45, 7) is 1.41. The molecule has 1 N–H and O–H groups in total. The van der Waals surface area contributed by atoms with Gasteiger partial charge in [0.15, 0.2) is 5.79 Å². The number of ether oxygens (including phenoxy) is 2. The molecule has 5 nitrogen and oxygen atoms in total. The van der Waals surface area contributed by atoms with Crippen LogP contribution < -0.4 is 5.56 Å². The second kappa shape index (κ2) is 3.99. The Morgan fingerprint density at radius 2 is 2.00 bits per heavy atom. The Kier molecular flexibility index (Phi) is 2.60. The van der Waals surface area contributed by atoms with Gasteiger partial charge in [0.05, 0.1) is 13.2 Å². The van der Waals surface area contributed by atoms with E-state index in [1.54, 1.807) is 4.68 Å². The zero-order valence-electron chi connectivity index (χ0n) is 10.1. The largest absolute Gasteiger partial charge is 0.348 e. The fourth-order valence-electron chi connectivity index (χ4n) is 2.97. The highest BCUT2D eigenvalue weighted by atomic mass is 16.7. The first-order valence-electron chi connectivity index (χ1n) is 6.22. The van der Waals surface area contributed by atoms with Crippen molar-refractivity contribution < 1.29 is 9.47 Å². The topological polar surface area (TPSA) is 56.2 Å². The summed E-state index contributed by atoms with van der Waals surface area (Å²) in [5.41, 5.74) is 0.946. The number of rotatable bonds is 1. The van der Waals surface area contributed by atoms with Gasteiger partial charge in [0.1, 0.15) is 0 Å². The minimum atomic E-state index is -0.335. The van der Waals surface area contributed by atoms with Crippen molar-refractivity contribution in [3.05, 3.63) is 22.1 Å². The van der Waals surface area contributed by atoms with E-state index in [-0.39, 0.29) is 11.3 Å². The minimum Gasteiger partial charge on any atom is -0.348 e. The number of aromatic nitrogens is 2. The highest BCUT2D eigenvalue weighted by Crippen LogP contribution is 2.41. The third kappa shape index (κ3) is 1.93. The Bertz CT molecular complexity index is 447. The summed E-state index contributed by atoms with van der Waals surface area (Å²) in [5.74, 6) is 0.0104. The molecule has 3 rings (SSSR count). The van der Waals surface area contributed by atoms with Crippen LogP contribution in [0.1, 0.15) is 37.2 Å². The van der Waals surface area contributed by atoms with Crippen LogP contribution in [-0.2, 0) is 16.5 Å². The van der Waals surface area contributed by atoms with Crippen molar-refractivity contribution >= 4 is 0 Å². The lowest BCUT2D eigenvalue weighted by Gasteiger charge is -2.34. The average Bonchev–Trinajstić information content (AvgIpc) is 2.88. The lowest BCUT2D eigenvalue weighted by Crippen LogP contribution is -2.35. The first kappa shape index (κ1) is 11.0. The smallest absolute Gasteiger partial charge is 0.267 e. The fourth-order valence-corrected chi connectivity index (χ4v) is 2.97. The molecule has 1 aliphatic carbocycles. The highest BCUT2D eigenvalue weighted by Gasteiger charge is 2.41. The van der Waals surface area contributed by atoms with Gasteiger partial charge in [-0.05, 0) is 18.8 Å². The van der Waals surface area contributed by atoms with Gasteiger partial charge in [-0.1, -0.05) is 0 Å². The third-order valence-corrected chi connectivity index (χ3v) is 3.87. The maximum atomic E-state index is 11.7. The summed E-state index contributed by atoms with van der Waals surface area (Å²) in [6.07, 6.45) is 5.62. The molecular formula is C12H18N2O3. The van der Waals surface area contributed by atoms with Gasteiger partial charge in [-0.2, -0.15) is 0 Å². The molecule has 1 aliphatic heterocycles. The monoisotopic (exact) mass is 238 g/mol. The molecule has 0 bridgehead atoms. The summed E-state index contributed by atoms with van der Waals surface area (Å²) < 4.78 is 13.1. The molecule has 1 saturated carbocycles. The van der Waals surface area contributed by atoms with Crippen molar-refractivity contribution in [1.82, 2.24) is 9.78 Å². The standard InChI is InChI=1S/C12H18N2O3/c1-14-8-10(11(15)13-14)9-2-4-12(5-3-9)16-6-7-17-12/h8-9H,2-7H2,1H3,(H,13,15). The number of nitrogens with zero attached hydrogens (tertiary/aromatic N) is 1. The summed E-state index contributed by atoms with van der Waals surface area (Å²) in [4.78, 5) is 11.7. The molecule has 2 aliphatic rings. The zero-order valence-corrected chi connectivity index (χ0v) is 10.1. The van der Waals surface area contributed by atoms with E-state index in [0.717, 1.165) is 31.2 Å². The quantitative estimate of drug-likeness (QED) is 0.797. The van der Waals surface area contributed by atoms with Gasteiger partial charge in [-0.15, -0.1) is 0 Å². The summed E-state index contributed by atoms with van der Waals surface area (Å²) >= 11 is 0. The van der Waals surface area contributed by atoms with Crippen LogP contribution >= 0.6 is 0 Å². The lowest BCUT2D eigenvalue weighted by atomic mass is 9.82. The Morgan fingerprint density at radius 1 is 1.35 bits per heavy atom. The van der Waals surface area contributed by atoms with Crippen molar-refractivity contribution in [3.8, 4) is 0 Å². The molecule has 1 aromatic heterocycles. The molecule has 94 valence electrons. The molecule has 0 aromatic carbocycles. The summed E-state index contributed by atoms with van der Waals surface area (Å²) in [5, 5.41) is 2.76. The molecule has 0 unspecified atom stereocenters. The Hall–Kier alpha value is -1.07. The molecule has 0 atom stereocenters. The number of aromatic amines is 1. The molecule has 0 amide bonds. The Balaban J connectivity index is 1.73. The number of hydrogen-bond donors (Lipinski definition) is 1. The van der Waals surface area contributed by atoms with E-state index in [1.807, 2.05) is 13.2 Å². The van der Waals surface area contributed by atoms with Gasteiger partial charge in [0.25, 0.3) is 5.56 Å². The van der Waals surface area contributed by atoms with Crippen LogP contribution in [0.5, 0.6) is 0 Å². The molecule has 17 heavy (non-hydrogen) atoms. The van der Waals surface area contributed by atoms with Gasteiger partial charge in [0.2, 0.25) is 0 Å². The van der Waals surface area contributed by atoms with E-state index >= 15 is 0 Å². The second-order valence-corrected chi connectivity index (χ2v) is 5.02. The molecule has 1 spiro atoms. The molecule has 1 aromatic rings. The van der Waals surface area contributed by atoms with Gasteiger partial charge in [0, 0.05) is 31.6 Å². The van der Waals surface area contributed by atoms with Crippen LogP contribution in [0.25, 0.3) is 0 Å². The van der Waals surface area contributed by atoms with Crippen LogP contribution in [0, 0.1) is 0 Å². The van der Waals surface area contributed by atoms with Gasteiger partial charge >= 0.3 is 0 Å². The fraction of sp³-hybridized carbons (Fsp3) is 0.750. The zero-order chi connectivity index (χ0) is 11.9. The summed E-state index contributed by atoms with van der Waals surface area (Å²) in [7, 11) is 1.85. The number of hydrogen-bond acceptors (Lipinski definition) is 3. The van der Waals surface area contributed by atoms with Gasteiger partial charge < -0.3 is 9.47 Å². The average molecular weight is 238 g/mol. The van der Waals surface area contributed by atoms with E-state index in [1.165, 1.54) is 0 Å². The maximum Gasteiger partial charge on any atom is 0.267 e. The number of aryl methyl sites for hydroxylation is 1. The van der Waals surface area contributed by atoms with Crippen LogP contribution in [0.4, 0.5) is 0 Å². The lowest BCUT2D eigenvalue weighted by molar-refractivity contribution is -0.178. The van der Waals surface area contributed by atoms with E-state index < -0.39 is 0 Å². The second-order valence-electron chi connectivity index (χ2n) is 5.02. The highest BCUT2D eigenvalue weighted by molar-refractivity contribution is 5.13. The first-order chi connectivity index (χ1) is 8.19. The van der Waals surface area contributed by atoms with E-state index in [4.69, 9.17) is 9.47 Å². The number of nitrogens with one attached hydrogen (secondary N) is 1. The van der Waals surface area contributed by atoms with Gasteiger partial charge in [-0.25, -0.2) is 0 Å². The van der Waals surface area contributed by atoms with Crippen molar-refractivity contribution in [1.29, 1.82) is 0 Å². The van der Waals surface area contributed by atoms with E-state index in [2.05, 4.69) is 5.10 Å². The minimum absolute atomic E-state index is 0.0432. The first-order valence-corrected chi connectivity index (χ1v) is 6.22. The normalized spacial score (nSPS) is 24.5. The van der Waals surface area contributed by atoms with Crippen LogP contribution in [-0.4, -0.2) is 28.8 Å². The third-order valence-electron chi connectivity index (χ3n) is 3.87. The van der Waals surface area contributed by atoms with Crippen LogP contribution in [0.15, 0.2) is 11.0 Å². The Morgan fingerprint density at radius 3 is 2.53 bits per heavy atom. The van der Waals surface area contributed by atoms with Gasteiger partial charge in [-0.3, -0.25) is 14.6 Å². The maximum absolute atomic E-state index is 11.7. The molecule has 0 radical (unpaired) electrons. The Labute approximate surface area is 99.7 Å². The predicted octanol–water partition coefficient (Wildman–Crippen LogP) is 1.11. The van der Waals surface area contributed by atoms with Crippen molar-refractivity contribution in [2.75, 3.05) is 13.2 Å². The number of H-pyrrole nitrogens is 1. The van der Waals surface area contributed by atoms with Crippen LogP contribution in [0.2, 0.25) is 0 Å². The summed E-state index contributed by atoms with van der Waals surface area (Å²) in [6, 6.07) is 0. The van der Waals surface area contributed by atoms with Crippen LogP contribution in [0.3, 0.4) is 0 Å². The SMILES string of the molecule is Cn1cc(C2CCC3(CC2)OCCO3)c(=O)[nH]1. The van der Waals surface area contributed by atoms with Crippen molar-refractivity contribution in [3.63, 3.8) is 0 Å². The van der Waals surface area contributed by atoms with E-state index in [0.29, 0.717) is 19.1 Å². The molecule has 5 heteroatoms. The predicted molar refractivity (Wildman–Crippen MR) is 61.9 cm³/mol.